The second-order valence-electron chi connectivity index (χ2n) is 8.56. The van der Waals surface area contributed by atoms with Crippen LogP contribution >= 0.6 is 11.6 Å². The van der Waals surface area contributed by atoms with Crippen molar-refractivity contribution in [2.24, 2.45) is 0 Å². The Hall–Kier alpha value is -3.60. The Bertz CT molecular complexity index is 1300. The first-order valence-electron chi connectivity index (χ1n) is 12.2. The molecule has 3 N–H and O–H groups in total. The van der Waals surface area contributed by atoms with E-state index < -0.39 is 12.0 Å². The molecule has 2 heterocycles. The van der Waals surface area contributed by atoms with Gasteiger partial charge in [0.15, 0.2) is 5.15 Å². The maximum Gasteiger partial charge on any atom is 0.325 e. The largest absolute Gasteiger partial charge is 0.458 e. The number of likely N-dealkylation sites (N-methyl/N-ethyl adjacent to an activating group) is 1. The third-order valence-electron chi connectivity index (χ3n) is 6.14. The van der Waals surface area contributed by atoms with E-state index in [0.29, 0.717) is 23.2 Å². The van der Waals surface area contributed by atoms with Crippen LogP contribution in [-0.4, -0.2) is 60.9 Å². The van der Waals surface area contributed by atoms with Crippen LogP contribution in [0, 0.1) is 0 Å². The molecule has 0 spiro atoms. The van der Waals surface area contributed by atoms with Crippen LogP contribution in [-0.2, 0) is 29.1 Å². The summed E-state index contributed by atoms with van der Waals surface area (Å²) in [6.45, 7) is 2.25. The molecule has 2 aromatic carbocycles. The summed E-state index contributed by atoms with van der Waals surface area (Å²) in [5.41, 5.74) is 4.58. The molecule has 0 fully saturated rings. The van der Waals surface area contributed by atoms with Crippen molar-refractivity contribution in [3.8, 4) is 22.5 Å². The first-order chi connectivity index (χ1) is 18.0. The molecule has 0 radical (unpaired) electrons. The Morgan fingerprint density at radius 3 is 2.59 bits per heavy atom. The van der Waals surface area contributed by atoms with Crippen LogP contribution in [0.4, 0.5) is 0 Å². The molecule has 1 unspecified atom stereocenters. The van der Waals surface area contributed by atoms with Crippen LogP contribution in [0.2, 0.25) is 5.15 Å². The highest BCUT2D eigenvalue weighted by molar-refractivity contribution is 6.30. The summed E-state index contributed by atoms with van der Waals surface area (Å²) in [6.07, 6.45) is 2.74. The van der Waals surface area contributed by atoms with Crippen molar-refractivity contribution in [2.75, 3.05) is 13.7 Å². The molecule has 0 aliphatic heterocycles. The molecule has 0 saturated carbocycles. The first kappa shape index (κ1) is 26.5. The topological polar surface area (TPSA) is 131 Å². The minimum Gasteiger partial charge on any atom is -0.458 e. The third-order valence-corrected chi connectivity index (χ3v) is 6.44. The fourth-order valence-corrected chi connectivity index (χ4v) is 4.31. The zero-order chi connectivity index (χ0) is 26.2. The number of tetrazole rings is 1. The molecule has 0 bridgehead atoms. The number of ether oxygens (including phenoxy) is 1. The van der Waals surface area contributed by atoms with Gasteiger partial charge in [-0.15, -0.1) is 10.2 Å². The highest BCUT2D eigenvalue weighted by Gasteiger charge is 2.21. The molecule has 0 aliphatic carbocycles. The van der Waals surface area contributed by atoms with E-state index >= 15 is 0 Å². The number of aromatic nitrogens is 6. The number of imidazole rings is 1. The van der Waals surface area contributed by atoms with Gasteiger partial charge in [-0.05, 0) is 35.4 Å². The van der Waals surface area contributed by atoms with Crippen LogP contribution in [0.3, 0.4) is 0 Å². The number of nitrogens with zero attached hydrogens (tertiary/aromatic N) is 5. The van der Waals surface area contributed by atoms with Gasteiger partial charge in [0, 0.05) is 18.5 Å². The van der Waals surface area contributed by atoms with Crippen LogP contribution in [0.25, 0.3) is 22.5 Å². The number of esters is 1. The number of aryl methyl sites for hydroxylation is 1. The fraction of sp³-hybridized carbons (Fsp3) is 0.346. The van der Waals surface area contributed by atoms with Crippen molar-refractivity contribution in [1.29, 1.82) is 0 Å². The van der Waals surface area contributed by atoms with Gasteiger partial charge in [0.25, 0.3) is 0 Å². The maximum absolute atomic E-state index is 12.3. The molecule has 1 atom stereocenters. The number of carbonyl (C=O) groups excluding carboxylic acids is 1. The fourth-order valence-electron chi connectivity index (χ4n) is 4.06. The number of carbonyl (C=O) groups is 1. The van der Waals surface area contributed by atoms with Gasteiger partial charge in [0.2, 0.25) is 5.82 Å². The molecule has 0 saturated heterocycles. The number of aliphatic hydroxyl groups is 1. The van der Waals surface area contributed by atoms with Gasteiger partial charge in [-0.3, -0.25) is 4.79 Å². The number of rotatable bonds is 12. The van der Waals surface area contributed by atoms with Crippen molar-refractivity contribution in [3.63, 3.8) is 0 Å². The van der Waals surface area contributed by atoms with E-state index in [1.165, 1.54) is 0 Å². The predicted molar refractivity (Wildman–Crippen MR) is 140 cm³/mol. The van der Waals surface area contributed by atoms with Gasteiger partial charge < -0.3 is 19.7 Å². The van der Waals surface area contributed by atoms with E-state index in [2.05, 4.69) is 62.1 Å². The van der Waals surface area contributed by atoms with Crippen molar-refractivity contribution >= 4 is 17.6 Å². The van der Waals surface area contributed by atoms with Crippen molar-refractivity contribution in [2.45, 2.75) is 45.4 Å². The molecule has 4 rings (SSSR count). The van der Waals surface area contributed by atoms with Gasteiger partial charge in [-0.1, -0.05) is 73.5 Å². The standard InChI is InChI=1S/C26H30ClN7O3/c1-3-4-9-23-29-24(27)22(16-37-26(36)21(15-35)28-2)34(23)14-17-10-12-18(13-11-17)19-7-5-6-8-20(19)25-30-32-33-31-25/h5-8,10-13,21,28,35H,3-4,9,14-16H2,1-2H3,(H,30,31,32,33). The van der Waals surface area contributed by atoms with Gasteiger partial charge in [-0.25, -0.2) is 4.98 Å². The van der Waals surface area contributed by atoms with Gasteiger partial charge in [-0.2, -0.15) is 5.21 Å². The van der Waals surface area contributed by atoms with Crippen LogP contribution < -0.4 is 5.32 Å². The van der Waals surface area contributed by atoms with Crippen LogP contribution in [0.5, 0.6) is 0 Å². The minimum atomic E-state index is -0.794. The number of halogens is 1. The molecule has 194 valence electrons. The van der Waals surface area contributed by atoms with Crippen molar-refractivity contribution in [1.82, 2.24) is 35.5 Å². The summed E-state index contributed by atoms with van der Waals surface area (Å²) in [5.74, 6) is 0.833. The van der Waals surface area contributed by atoms with E-state index in [0.717, 1.165) is 47.3 Å². The molecule has 4 aromatic rings. The average Bonchev–Trinajstić information content (AvgIpc) is 3.56. The Morgan fingerprint density at radius 2 is 1.95 bits per heavy atom. The van der Waals surface area contributed by atoms with Crippen LogP contribution in [0.1, 0.15) is 36.8 Å². The second kappa shape index (κ2) is 12.6. The smallest absolute Gasteiger partial charge is 0.325 e. The Kier molecular flexibility index (Phi) is 8.99. The number of aromatic amines is 1. The minimum absolute atomic E-state index is 0.0366. The number of hydrogen-bond donors (Lipinski definition) is 3. The summed E-state index contributed by atoms with van der Waals surface area (Å²) < 4.78 is 7.46. The molecular formula is C26H30ClN7O3. The van der Waals surface area contributed by atoms with Gasteiger partial charge >= 0.3 is 5.97 Å². The summed E-state index contributed by atoms with van der Waals surface area (Å²) >= 11 is 6.49. The number of benzene rings is 2. The Labute approximate surface area is 220 Å². The van der Waals surface area contributed by atoms with Crippen molar-refractivity contribution < 1.29 is 14.6 Å². The average molecular weight is 524 g/mol. The van der Waals surface area contributed by atoms with Crippen molar-refractivity contribution in [3.05, 3.63) is 70.8 Å². The summed E-state index contributed by atoms with van der Waals surface area (Å²) in [7, 11) is 1.59. The highest BCUT2D eigenvalue weighted by atomic mass is 35.5. The number of nitrogens with one attached hydrogen (secondary N) is 2. The highest BCUT2D eigenvalue weighted by Crippen LogP contribution is 2.30. The van der Waals surface area contributed by atoms with E-state index in [1.807, 2.05) is 28.8 Å². The van der Waals surface area contributed by atoms with E-state index in [1.54, 1.807) is 7.05 Å². The number of hydrogen-bond acceptors (Lipinski definition) is 8. The van der Waals surface area contributed by atoms with E-state index in [9.17, 15) is 9.90 Å². The number of aliphatic hydroxyl groups excluding tert-OH is 1. The predicted octanol–water partition coefficient (Wildman–Crippen LogP) is 3.40. The molecule has 10 nitrogen and oxygen atoms in total. The molecule has 37 heavy (non-hydrogen) atoms. The SMILES string of the molecule is CCCCc1nc(Cl)c(COC(=O)C(CO)NC)n1Cc1ccc(-c2ccccc2-c2nn[nH]n2)cc1. The monoisotopic (exact) mass is 523 g/mol. The summed E-state index contributed by atoms with van der Waals surface area (Å²) in [4.78, 5) is 16.9. The lowest BCUT2D eigenvalue weighted by atomic mass is 9.98. The summed E-state index contributed by atoms with van der Waals surface area (Å²) in [6, 6.07) is 15.3. The van der Waals surface area contributed by atoms with Gasteiger partial charge in [0.05, 0.1) is 12.3 Å². The lowest BCUT2D eigenvalue weighted by molar-refractivity contribution is -0.148. The molecular weight excluding hydrogens is 494 g/mol. The molecule has 0 amide bonds. The third kappa shape index (κ3) is 6.22. The zero-order valence-electron chi connectivity index (χ0n) is 20.8. The van der Waals surface area contributed by atoms with E-state index in [4.69, 9.17) is 16.3 Å². The maximum atomic E-state index is 12.3. The Morgan fingerprint density at radius 1 is 1.19 bits per heavy atom. The quantitative estimate of drug-likeness (QED) is 0.241. The van der Waals surface area contributed by atoms with E-state index in [-0.39, 0.29) is 13.2 Å². The normalized spacial score (nSPS) is 12.0. The second-order valence-corrected chi connectivity index (χ2v) is 8.92. The number of unbranched alkanes of at least 4 members (excludes halogenated alkanes) is 1. The molecule has 2 aromatic heterocycles. The Balaban J connectivity index is 1.58. The number of H-pyrrole nitrogens is 1. The summed E-state index contributed by atoms with van der Waals surface area (Å²) in [5, 5.41) is 26.8. The molecule has 11 heteroatoms. The first-order valence-corrected chi connectivity index (χ1v) is 12.5. The van der Waals surface area contributed by atoms with Gasteiger partial charge in [0.1, 0.15) is 18.5 Å². The zero-order valence-corrected chi connectivity index (χ0v) is 21.6. The lowest BCUT2D eigenvalue weighted by Crippen LogP contribution is -2.38. The van der Waals surface area contributed by atoms with Crippen LogP contribution in [0.15, 0.2) is 48.5 Å². The lowest BCUT2D eigenvalue weighted by Gasteiger charge is -2.15. The molecule has 0 aliphatic rings.